The first-order valence-electron chi connectivity index (χ1n) is 10.4. The molecule has 0 bridgehead atoms. The molecule has 0 saturated carbocycles. The van der Waals surface area contributed by atoms with Crippen molar-refractivity contribution in [3.63, 3.8) is 0 Å². The number of nitrogens with zero attached hydrogens (tertiary/aromatic N) is 6. The van der Waals surface area contributed by atoms with Gasteiger partial charge >= 0.3 is 0 Å². The van der Waals surface area contributed by atoms with Crippen LogP contribution < -0.4 is 15.1 Å². The van der Waals surface area contributed by atoms with Gasteiger partial charge in [-0.2, -0.15) is 10.1 Å². The highest BCUT2D eigenvalue weighted by Crippen LogP contribution is 2.40. The van der Waals surface area contributed by atoms with Gasteiger partial charge in [0.1, 0.15) is 17.5 Å². The molecular weight excluding hydrogens is 397 g/mol. The number of likely N-dealkylation sites (N-methyl/N-ethyl adjacent to an activating group) is 1. The predicted octanol–water partition coefficient (Wildman–Crippen LogP) is 2.73. The van der Waals surface area contributed by atoms with Crippen LogP contribution >= 0.6 is 0 Å². The SMILES string of the molecule is Cc1nc(NCc2cnn(Cc3ccc(F)cc3)c2)nc2c1N(C)C(=O)C1CCCN21. The summed E-state index contributed by atoms with van der Waals surface area (Å²) in [6.07, 6.45) is 5.60. The van der Waals surface area contributed by atoms with Crippen LogP contribution in [0.5, 0.6) is 0 Å². The Morgan fingerprint density at radius 1 is 1.19 bits per heavy atom. The Morgan fingerprint density at radius 2 is 2.00 bits per heavy atom. The number of carbonyl (C=O) groups excluding carboxylic acids is 1. The number of fused-ring (bicyclic) bond motifs is 3. The Morgan fingerprint density at radius 3 is 2.81 bits per heavy atom. The van der Waals surface area contributed by atoms with Gasteiger partial charge in [0.05, 0.1) is 18.4 Å². The van der Waals surface area contributed by atoms with Crippen LogP contribution in [-0.4, -0.2) is 45.3 Å². The molecular formula is C22H24FN7O. The Hall–Kier alpha value is -3.49. The summed E-state index contributed by atoms with van der Waals surface area (Å²) in [5, 5.41) is 7.67. The van der Waals surface area contributed by atoms with Crippen molar-refractivity contribution in [2.45, 2.75) is 38.9 Å². The highest BCUT2D eigenvalue weighted by Gasteiger charge is 2.41. The second kappa shape index (κ2) is 7.64. The van der Waals surface area contributed by atoms with E-state index in [0.717, 1.165) is 47.7 Å². The highest BCUT2D eigenvalue weighted by atomic mass is 19.1. The lowest BCUT2D eigenvalue weighted by molar-refractivity contribution is -0.119. The number of amides is 1. The quantitative estimate of drug-likeness (QED) is 0.683. The van der Waals surface area contributed by atoms with E-state index >= 15 is 0 Å². The zero-order valence-corrected chi connectivity index (χ0v) is 17.5. The first kappa shape index (κ1) is 19.5. The number of anilines is 3. The van der Waals surface area contributed by atoms with Crippen LogP contribution in [-0.2, 0) is 17.9 Å². The minimum absolute atomic E-state index is 0.117. The van der Waals surface area contributed by atoms with E-state index in [0.29, 0.717) is 19.0 Å². The summed E-state index contributed by atoms with van der Waals surface area (Å²) < 4.78 is 14.9. The smallest absolute Gasteiger partial charge is 0.249 e. The second-order valence-corrected chi connectivity index (χ2v) is 8.08. The molecule has 2 aliphatic rings. The molecule has 160 valence electrons. The summed E-state index contributed by atoms with van der Waals surface area (Å²) in [6.45, 7) is 3.85. The lowest BCUT2D eigenvalue weighted by Crippen LogP contribution is -2.49. The number of benzene rings is 1. The molecule has 8 nitrogen and oxygen atoms in total. The van der Waals surface area contributed by atoms with Gasteiger partial charge in [-0.25, -0.2) is 9.37 Å². The zero-order chi connectivity index (χ0) is 21.5. The minimum Gasteiger partial charge on any atom is -0.350 e. The number of nitrogens with one attached hydrogen (secondary N) is 1. The number of aryl methyl sites for hydroxylation is 1. The van der Waals surface area contributed by atoms with Crippen LogP contribution in [0.4, 0.5) is 21.8 Å². The molecule has 5 rings (SSSR count). The average Bonchev–Trinajstić information content (AvgIpc) is 3.42. The third-order valence-electron chi connectivity index (χ3n) is 5.91. The number of carbonyl (C=O) groups is 1. The van der Waals surface area contributed by atoms with Gasteiger partial charge in [-0.05, 0) is 37.5 Å². The van der Waals surface area contributed by atoms with Gasteiger partial charge < -0.3 is 15.1 Å². The first-order valence-corrected chi connectivity index (χ1v) is 10.4. The molecule has 1 amide bonds. The normalized spacial score (nSPS) is 17.6. The summed E-state index contributed by atoms with van der Waals surface area (Å²) in [6, 6.07) is 6.29. The van der Waals surface area contributed by atoms with E-state index in [1.54, 1.807) is 30.3 Å². The largest absolute Gasteiger partial charge is 0.350 e. The summed E-state index contributed by atoms with van der Waals surface area (Å²) in [5.41, 5.74) is 3.55. The monoisotopic (exact) mass is 421 g/mol. The Labute approximate surface area is 179 Å². The molecule has 0 aliphatic carbocycles. The van der Waals surface area contributed by atoms with Crippen LogP contribution in [0.15, 0.2) is 36.7 Å². The number of hydrogen-bond acceptors (Lipinski definition) is 6. The fourth-order valence-corrected chi connectivity index (χ4v) is 4.38. The fraction of sp³-hybridized carbons (Fsp3) is 0.364. The third-order valence-corrected chi connectivity index (χ3v) is 5.91. The minimum atomic E-state index is -0.245. The van der Waals surface area contributed by atoms with E-state index in [4.69, 9.17) is 4.98 Å². The molecule has 1 N–H and O–H groups in total. The van der Waals surface area contributed by atoms with E-state index in [-0.39, 0.29) is 17.8 Å². The molecule has 0 radical (unpaired) electrons. The summed E-state index contributed by atoms with van der Waals surface area (Å²) >= 11 is 0. The molecule has 1 unspecified atom stereocenters. The number of hydrogen-bond donors (Lipinski definition) is 1. The molecule has 31 heavy (non-hydrogen) atoms. The van der Waals surface area contributed by atoms with E-state index in [1.807, 2.05) is 17.8 Å². The summed E-state index contributed by atoms with van der Waals surface area (Å²) in [5.74, 6) is 1.23. The highest BCUT2D eigenvalue weighted by molar-refractivity contribution is 6.05. The fourth-order valence-electron chi connectivity index (χ4n) is 4.38. The van der Waals surface area contributed by atoms with Gasteiger partial charge in [-0.15, -0.1) is 0 Å². The van der Waals surface area contributed by atoms with Gasteiger partial charge in [0.25, 0.3) is 0 Å². The van der Waals surface area contributed by atoms with Crippen LogP contribution in [0.2, 0.25) is 0 Å². The van der Waals surface area contributed by atoms with Crippen LogP contribution in [0.1, 0.15) is 29.7 Å². The van der Waals surface area contributed by atoms with Crippen LogP contribution in [0.25, 0.3) is 0 Å². The van der Waals surface area contributed by atoms with E-state index in [1.165, 1.54) is 12.1 Å². The molecule has 1 aromatic carbocycles. The van der Waals surface area contributed by atoms with Gasteiger partial charge in [-0.1, -0.05) is 12.1 Å². The van der Waals surface area contributed by atoms with Gasteiger partial charge in [-0.3, -0.25) is 9.48 Å². The molecule has 2 aliphatic heterocycles. The standard InChI is InChI=1S/C22H24FN7O/c1-14-19-20(30-9-3-4-18(30)21(31)28(19)2)27-22(26-14)24-10-16-11-25-29(13-16)12-15-5-7-17(23)8-6-15/h5-8,11,13,18H,3-4,9-10,12H2,1-2H3,(H,24,26,27). The zero-order valence-electron chi connectivity index (χ0n) is 17.5. The van der Waals surface area contributed by atoms with Gasteiger partial charge in [0, 0.05) is 31.9 Å². The van der Waals surface area contributed by atoms with Crippen molar-refractivity contribution in [2.24, 2.45) is 0 Å². The molecule has 1 fully saturated rings. The van der Waals surface area contributed by atoms with Crippen molar-refractivity contribution in [3.05, 3.63) is 59.3 Å². The Kier molecular flexibility index (Phi) is 4.80. The lowest BCUT2D eigenvalue weighted by Gasteiger charge is -2.37. The van der Waals surface area contributed by atoms with Crippen molar-refractivity contribution in [2.75, 3.05) is 28.7 Å². The summed E-state index contributed by atoms with van der Waals surface area (Å²) in [7, 11) is 1.80. The van der Waals surface area contributed by atoms with Crippen LogP contribution in [0, 0.1) is 12.7 Å². The molecule has 1 atom stereocenters. The van der Waals surface area contributed by atoms with Crippen molar-refractivity contribution < 1.29 is 9.18 Å². The third kappa shape index (κ3) is 3.60. The molecule has 3 aromatic rings. The molecule has 2 aromatic heterocycles. The van der Waals surface area contributed by atoms with Crippen molar-refractivity contribution in [1.82, 2.24) is 19.7 Å². The molecule has 0 spiro atoms. The first-order chi connectivity index (χ1) is 15.0. The van der Waals surface area contributed by atoms with Crippen LogP contribution in [0.3, 0.4) is 0 Å². The number of aromatic nitrogens is 4. The van der Waals surface area contributed by atoms with E-state index in [9.17, 15) is 9.18 Å². The maximum Gasteiger partial charge on any atom is 0.249 e. The maximum atomic E-state index is 13.1. The van der Waals surface area contributed by atoms with Crippen molar-refractivity contribution in [1.29, 1.82) is 0 Å². The topological polar surface area (TPSA) is 79.2 Å². The maximum absolute atomic E-state index is 13.1. The average molecular weight is 421 g/mol. The molecule has 9 heteroatoms. The van der Waals surface area contributed by atoms with E-state index < -0.39 is 0 Å². The van der Waals surface area contributed by atoms with Crippen molar-refractivity contribution in [3.8, 4) is 0 Å². The molecule has 4 heterocycles. The Bertz CT molecular complexity index is 1130. The molecule has 1 saturated heterocycles. The lowest BCUT2D eigenvalue weighted by atomic mass is 10.1. The number of halogens is 1. The van der Waals surface area contributed by atoms with Crippen molar-refractivity contribution >= 4 is 23.4 Å². The number of rotatable bonds is 5. The summed E-state index contributed by atoms with van der Waals surface area (Å²) in [4.78, 5) is 25.8. The van der Waals surface area contributed by atoms with Gasteiger partial charge in [0.15, 0.2) is 5.82 Å². The Balaban J connectivity index is 1.31. The van der Waals surface area contributed by atoms with Gasteiger partial charge in [0.2, 0.25) is 11.9 Å². The predicted molar refractivity (Wildman–Crippen MR) is 116 cm³/mol. The van der Waals surface area contributed by atoms with E-state index in [2.05, 4.69) is 20.3 Å². The second-order valence-electron chi connectivity index (χ2n) is 8.08.